The Morgan fingerprint density at radius 3 is 1.73 bits per heavy atom. The first kappa shape index (κ1) is 29.2. The Hall–Kier alpha value is -1.88. The number of ether oxygens (including phenoxy) is 1. The van der Waals surface area contributed by atoms with Crippen molar-refractivity contribution < 1.29 is 19.4 Å². The van der Waals surface area contributed by atoms with Crippen molar-refractivity contribution >= 4 is 11.9 Å². The van der Waals surface area contributed by atoms with E-state index in [-0.39, 0.29) is 18.3 Å². The fourth-order valence-corrected chi connectivity index (χ4v) is 4.16. The molecule has 0 aliphatic heterocycles. The van der Waals surface area contributed by atoms with Crippen molar-refractivity contribution in [1.82, 2.24) is 5.32 Å². The van der Waals surface area contributed by atoms with Crippen LogP contribution < -0.4 is 10.1 Å². The number of amides is 1. The van der Waals surface area contributed by atoms with Crippen LogP contribution in [0.2, 0.25) is 0 Å². The molecule has 2 N–H and O–H groups in total. The summed E-state index contributed by atoms with van der Waals surface area (Å²) in [5, 5.41) is 12.5. The first-order valence-electron chi connectivity index (χ1n) is 13.3. The van der Waals surface area contributed by atoms with E-state index in [1.54, 1.807) is 18.2 Å². The number of rotatable bonds is 20. The van der Waals surface area contributed by atoms with Gasteiger partial charge in [0.15, 0.2) is 0 Å². The number of carbonyl (C=O) groups is 2. The molecule has 1 amide bonds. The molecule has 0 saturated carbocycles. The molecule has 1 aromatic rings. The molecule has 0 aliphatic carbocycles. The van der Waals surface area contributed by atoms with Gasteiger partial charge in [0, 0.05) is 24.6 Å². The number of benzene rings is 1. The third-order valence-electron chi connectivity index (χ3n) is 6.11. The summed E-state index contributed by atoms with van der Waals surface area (Å²) in [6.45, 7) is 3.82. The maximum atomic E-state index is 12.5. The van der Waals surface area contributed by atoms with Gasteiger partial charge in [-0.3, -0.25) is 9.59 Å². The number of hydrogen-bond acceptors (Lipinski definition) is 4. The predicted octanol–water partition coefficient (Wildman–Crippen LogP) is 7.10. The highest BCUT2D eigenvalue weighted by Crippen LogP contribution is 2.23. The van der Waals surface area contributed by atoms with Crippen LogP contribution >= 0.6 is 0 Å². The fourth-order valence-electron chi connectivity index (χ4n) is 4.16. The highest BCUT2D eigenvalue weighted by Gasteiger charge is 2.15. The summed E-state index contributed by atoms with van der Waals surface area (Å²) in [6.07, 6.45) is 21.1. The van der Waals surface area contributed by atoms with Gasteiger partial charge >= 0.3 is 5.97 Å². The van der Waals surface area contributed by atoms with E-state index in [0.717, 1.165) is 12.8 Å². The molecule has 1 aromatic carbocycles. The molecule has 5 nitrogen and oxygen atoms in total. The minimum Gasteiger partial charge on any atom is -0.426 e. The van der Waals surface area contributed by atoms with Crippen molar-refractivity contribution in [2.24, 2.45) is 0 Å². The second kappa shape index (κ2) is 19.6. The zero-order chi connectivity index (χ0) is 24.2. The van der Waals surface area contributed by atoms with Gasteiger partial charge in [0.1, 0.15) is 5.75 Å². The van der Waals surface area contributed by atoms with E-state index in [2.05, 4.69) is 12.2 Å². The van der Waals surface area contributed by atoms with Crippen LogP contribution in [0, 0.1) is 0 Å². The molecule has 0 aromatic heterocycles. The van der Waals surface area contributed by atoms with Crippen LogP contribution in [0.1, 0.15) is 133 Å². The Bertz CT molecular complexity index is 659. The molecule has 0 saturated heterocycles. The molecule has 0 unspecified atom stereocenters. The van der Waals surface area contributed by atoms with Crippen molar-refractivity contribution in [1.29, 1.82) is 0 Å². The second-order valence-corrected chi connectivity index (χ2v) is 9.09. The Morgan fingerprint density at radius 2 is 1.27 bits per heavy atom. The number of carbonyl (C=O) groups excluding carboxylic acids is 2. The van der Waals surface area contributed by atoms with Gasteiger partial charge in [-0.25, -0.2) is 0 Å². The van der Waals surface area contributed by atoms with Crippen LogP contribution in [-0.2, 0) is 11.4 Å². The summed E-state index contributed by atoms with van der Waals surface area (Å²) in [4.78, 5) is 23.7. The lowest BCUT2D eigenvalue weighted by Gasteiger charge is -2.12. The van der Waals surface area contributed by atoms with Crippen LogP contribution in [0.5, 0.6) is 5.75 Å². The molecular formula is C28H47NO4. The number of esters is 1. The molecule has 33 heavy (non-hydrogen) atoms. The molecule has 0 fully saturated rings. The Kier molecular flexibility index (Phi) is 17.3. The van der Waals surface area contributed by atoms with Crippen LogP contribution in [-0.4, -0.2) is 23.5 Å². The van der Waals surface area contributed by atoms with Gasteiger partial charge in [0.05, 0.1) is 6.61 Å². The van der Waals surface area contributed by atoms with Gasteiger partial charge in [-0.1, -0.05) is 109 Å². The molecular weight excluding hydrogens is 414 g/mol. The normalized spacial score (nSPS) is 10.9. The van der Waals surface area contributed by atoms with E-state index in [9.17, 15) is 14.7 Å². The van der Waals surface area contributed by atoms with Gasteiger partial charge in [0.25, 0.3) is 5.91 Å². The summed E-state index contributed by atoms with van der Waals surface area (Å²) >= 11 is 0. The summed E-state index contributed by atoms with van der Waals surface area (Å²) < 4.78 is 5.09. The van der Waals surface area contributed by atoms with Gasteiger partial charge < -0.3 is 15.2 Å². The maximum absolute atomic E-state index is 12.5. The minimum atomic E-state index is -0.476. The van der Waals surface area contributed by atoms with E-state index in [0.29, 0.717) is 17.7 Å². The number of nitrogens with one attached hydrogen (secondary N) is 1. The topological polar surface area (TPSA) is 75.6 Å². The number of hydrogen-bond donors (Lipinski definition) is 2. The number of unbranched alkanes of at least 4 members (excludes halogenated alkanes) is 15. The standard InChI is InChI=1S/C28H47NO4/c1-3-4-5-6-7-8-9-10-11-12-13-14-15-16-17-18-22-29-28(32)25-20-19-21-27(26(25)23-30)33-24(2)31/h19-21,30H,3-18,22-23H2,1-2H3,(H,29,32). The Morgan fingerprint density at radius 1 is 0.788 bits per heavy atom. The Labute approximate surface area is 201 Å². The smallest absolute Gasteiger partial charge is 0.308 e. The highest BCUT2D eigenvalue weighted by atomic mass is 16.5. The molecule has 0 aliphatic rings. The minimum absolute atomic E-state index is 0.236. The first-order chi connectivity index (χ1) is 16.1. The van der Waals surface area contributed by atoms with Crippen LogP contribution in [0.15, 0.2) is 18.2 Å². The largest absolute Gasteiger partial charge is 0.426 e. The van der Waals surface area contributed by atoms with Crippen molar-refractivity contribution in [2.75, 3.05) is 6.54 Å². The molecule has 1 rings (SSSR count). The lowest BCUT2D eigenvalue weighted by atomic mass is 10.0. The summed E-state index contributed by atoms with van der Waals surface area (Å²) in [5.41, 5.74) is 0.699. The first-order valence-corrected chi connectivity index (χ1v) is 13.3. The van der Waals surface area contributed by atoms with Crippen molar-refractivity contribution in [3.05, 3.63) is 29.3 Å². The van der Waals surface area contributed by atoms with Crippen molar-refractivity contribution in [3.8, 4) is 5.75 Å². The fraction of sp³-hybridized carbons (Fsp3) is 0.714. The average Bonchev–Trinajstić information content (AvgIpc) is 2.80. The third-order valence-corrected chi connectivity index (χ3v) is 6.11. The monoisotopic (exact) mass is 461 g/mol. The second-order valence-electron chi connectivity index (χ2n) is 9.09. The predicted molar refractivity (Wildman–Crippen MR) is 136 cm³/mol. The zero-order valence-corrected chi connectivity index (χ0v) is 21.1. The molecule has 0 atom stereocenters. The lowest BCUT2D eigenvalue weighted by molar-refractivity contribution is -0.131. The zero-order valence-electron chi connectivity index (χ0n) is 21.1. The third kappa shape index (κ3) is 14.1. The van der Waals surface area contributed by atoms with E-state index >= 15 is 0 Å². The summed E-state index contributed by atoms with van der Waals surface area (Å²) in [5.74, 6) is -0.482. The van der Waals surface area contributed by atoms with Gasteiger partial charge in [-0.15, -0.1) is 0 Å². The van der Waals surface area contributed by atoms with Crippen LogP contribution in [0.25, 0.3) is 0 Å². The van der Waals surface area contributed by atoms with Gasteiger partial charge in [0.2, 0.25) is 0 Å². The molecule has 0 heterocycles. The van der Waals surface area contributed by atoms with E-state index in [1.807, 2.05) is 0 Å². The molecule has 0 radical (unpaired) electrons. The maximum Gasteiger partial charge on any atom is 0.308 e. The summed E-state index contributed by atoms with van der Waals surface area (Å²) in [6, 6.07) is 4.88. The lowest BCUT2D eigenvalue weighted by Crippen LogP contribution is -2.26. The molecule has 0 bridgehead atoms. The highest BCUT2D eigenvalue weighted by molar-refractivity contribution is 5.96. The molecule has 5 heteroatoms. The average molecular weight is 462 g/mol. The molecule has 0 spiro atoms. The van der Waals surface area contributed by atoms with Gasteiger partial charge in [-0.2, -0.15) is 0 Å². The van der Waals surface area contributed by atoms with Gasteiger partial charge in [-0.05, 0) is 18.6 Å². The number of aliphatic hydroxyl groups excluding tert-OH is 1. The Balaban J connectivity index is 2.02. The number of aliphatic hydroxyl groups is 1. The van der Waals surface area contributed by atoms with E-state index in [1.165, 1.54) is 96.8 Å². The van der Waals surface area contributed by atoms with E-state index < -0.39 is 5.97 Å². The SMILES string of the molecule is CCCCCCCCCCCCCCCCCCNC(=O)c1cccc(OC(C)=O)c1CO. The van der Waals surface area contributed by atoms with Crippen LogP contribution in [0.4, 0.5) is 0 Å². The summed E-state index contributed by atoms with van der Waals surface area (Å²) in [7, 11) is 0. The quantitative estimate of drug-likeness (QED) is 0.123. The van der Waals surface area contributed by atoms with Crippen molar-refractivity contribution in [3.63, 3.8) is 0 Å². The molecule has 188 valence electrons. The van der Waals surface area contributed by atoms with Crippen molar-refractivity contribution in [2.45, 2.75) is 123 Å². The van der Waals surface area contributed by atoms with Crippen LogP contribution in [0.3, 0.4) is 0 Å². The van der Waals surface area contributed by atoms with E-state index in [4.69, 9.17) is 4.74 Å².